The monoisotopic (exact) mass is 346 g/mol. The largest absolute Gasteiger partial charge is 0.350 e. The Bertz CT molecular complexity index is 618. The number of hydrogen-bond acceptors (Lipinski definition) is 4. The van der Waals surface area contributed by atoms with Crippen molar-refractivity contribution in [2.75, 3.05) is 0 Å². The highest BCUT2D eigenvalue weighted by Crippen LogP contribution is 2.55. The molecule has 5 aliphatic rings. The molecule has 130 valence electrons. The molecule has 5 aliphatic carbocycles. The van der Waals surface area contributed by atoms with E-state index in [1.54, 1.807) is 11.8 Å². The van der Waals surface area contributed by atoms with Gasteiger partial charge in [0, 0.05) is 11.6 Å². The van der Waals surface area contributed by atoms with Crippen LogP contribution in [0.25, 0.3) is 0 Å². The Morgan fingerprint density at radius 2 is 1.88 bits per heavy atom. The van der Waals surface area contributed by atoms with Crippen LogP contribution in [0.3, 0.4) is 0 Å². The van der Waals surface area contributed by atoms with E-state index in [1.165, 1.54) is 51.4 Å². The number of amides is 1. The van der Waals surface area contributed by atoms with E-state index in [0.717, 1.165) is 22.9 Å². The molecule has 0 radical (unpaired) electrons. The third-order valence-electron chi connectivity index (χ3n) is 6.56. The Morgan fingerprint density at radius 3 is 2.46 bits per heavy atom. The molecule has 5 nitrogen and oxygen atoms in total. The summed E-state index contributed by atoms with van der Waals surface area (Å²) in [7, 11) is 0. The van der Waals surface area contributed by atoms with Crippen LogP contribution in [0.5, 0.6) is 0 Å². The number of carbonyl (C=O) groups is 1. The van der Waals surface area contributed by atoms with Gasteiger partial charge in [0.15, 0.2) is 5.16 Å². The highest BCUT2D eigenvalue weighted by molar-refractivity contribution is 8.00. The SMILES string of the molecule is CC(Sc1nncn1C1CC1)C(=O)NC12CC3CC(CC(C3)C1)C2. The first-order chi connectivity index (χ1) is 11.6. The number of nitrogens with one attached hydrogen (secondary N) is 1. The Balaban J connectivity index is 1.26. The van der Waals surface area contributed by atoms with Crippen LogP contribution in [0.2, 0.25) is 0 Å². The fraction of sp³-hybridized carbons (Fsp3) is 0.833. The van der Waals surface area contributed by atoms with Crippen LogP contribution >= 0.6 is 11.8 Å². The smallest absolute Gasteiger partial charge is 0.233 e. The van der Waals surface area contributed by atoms with Crippen molar-refractivity contribution < 1.29 is 4.79 Å². The first-order valence-corrected chi connectivity index (χ1v) is 10.4. The van der Waals surface area contributed by atoms with Crippen molar-refractivity contribution in [2.24, 2.45) is 17.8 Å². The van der Waals surface area contributed by atoms with Crippen molar-refractivity contribution in [1.82, 2.24) is 20.1 Å². The van der Waals surface area contributed by atoms with E-state index in [9.17, 15) is 4.79 Å². The zero-order valence-corrected chi connectivity index (χ0v) is 15.1. The van der Waals surface area contributed by atoms with Crippen molar-refractivity contribution in [1.29, 1.82) is 0 Å². The van der Waals surface area contributed by atoms with E-state index in [2.05, 4.69) is 20.1 Å². The van der Waals surface area contributed by atoms with Crippen LogP contribution in [0.15, 0.2) is 11.5 Å². The Morgan fingerprint density at radius 1 is 1.25 bits per heavy atom. The molecular formula is C18H26N4OS. The lowest BCUT2D eigenvalue weighted by molar-refractivity contribution is -0.126. The van der Waals surface area contributed by atoms with Gasteiger partial charge in [-0.1, -0.05) is 11.8 Å². The van der Waals surface area contributed by atoms with Crippen LogP contribution in [-0.2, 0) is 4.79 Å². The number of thioether (sulfide) groups is 1. The summed E-state index contributed by atoms with van der Waals surface area (Å²) >= 11 is 1.56. The van der Waals surface area contributed by atoms with Gasteiger partial charge in [-0.15, -0.1) is 10.2 Å². The van der Waals surface area contributed by atoms with E-state index in [1.807, 2.05) is 13.3 Å². The first kappa shape index (κ1) is 15.2. The summed E-state index contributed by atoms with van der Waals surface area (Å²) in [5, 5.41) is 12.5. The van der Waals surface area contributed by atoms with Gasteiger partial charge in [0.2, 0.25) is 5.91 Å². The summed E-state index contributed by atoms with van der Waals surface area (Å²) in [4.78, 5) is 12.9. The molecule has 6 heteroatoms. The Kier molecular flexibility index (Phi) is 3.48. The maximum atomic E-state index is 12.9. The fourth-order valence-electron chi connectivity index (χ4n) is 5.76. The minimum atomic E-state index is -0.111. The van der Waals surface area contributed by atoms with Crippen LogP contribution in [0.1, 0.15) is 64.3 Å². The number of rotatable bonds is 5. The van der Waals surface area contributed by atoms with E-state index in [4.69, 9.17) is 0 Å². The van der Waals surface area contributed by atoms with Gasteiger partial charge in [0.1, 0.15) is 6.33 Å². The molecule has 0 saturated heterocycles. The molecule has 5 saturated carbocycles. The van der Waals surface area contributed by atoms with E-state index < -0.39 is 0 Å². The highest BCUT2D eigenvalue weighted by atomic mass is 32.2. The van der Waals surface area contributed by atoms with Gasteiger partial charge in [0.05, 0.1) is 5.25 Å². The third-order valence-corrected chi connectivity index (χ3v) is 7.63. The molecule has 0 spiro atoms. The zero-order chi connectivity index (χ0) is 16.3. The van der Waals surface area contributed by atoms with Crippen molar-refractivity contribution in [3.05, 3.63) is 6.33 Å². The molecule has 5 fully saturated rings. The molecule has 4 bridgehead atoms. The number of hydrogen-bond donors (Lipinski definition) is 1. The quantitative estimate of drug-likeness (QED) is 0.832. The predicted molar refractivity (Wildman–Crippen MR) is 92.7 cm³/mol. The minimum Gasteiger partial charge on any atom is -0.350 e. The van der Waals surface area contributed by atoms with Gasteiger partial charge in [-0.3, -0.25) is 4.79 Å². The van der Waals surface area contributed by atoms with Crippen LogP contribution in [0, 0.1) is 17.8 Å². The van der Waals surface area contributed by atoms with Gasteiger partial charge >= 0.3 is 0 Å². The summed E-state index contributed by atoms with van der Waals surface area (Å²) in [5.74, 6) is 2.76. The molecule has 1 aromatic heterocycles. The second kappa shape index (κ2) is 5.48. The lowest BCUT2D eigenvalue weighted by Gasteiger charge is -2.57. The standard InChI is InChI=1S/C18H26N4OS/c1-11(24-17-21-19-10-22(17)15-2-3-15)16(23)20-18-7-12-4-13(8-18)6-14(5-12)9-18/h10-15H,2-9H2,1H3,(H,20,23). The van der Waals surface area contributed by atoms with Gasteiger partial charge in [-0.05, 0) is 76.0 Å². The maximum absolute atomic E-state index is 12.9. The summed E-state index contributed by atoms with van der Waals surface area (Å²) in [6, 6.07) is 0.556. The normalized spacial score (nSPS) is 38.3. The highest BCUT2D eigenvalue weighted by Gasteiger charge is 2.51. The summed E-state index contributed by atoms with van der Waals surface area (Å²) in [6.45, 7) is 2.01. The zero-order valence-electron chi connectivity index (χ0n) is 14.3. The molecular weight excluding hydrogens is 320 g/mol. The van der Waals surface area contributed by atoms with Crippen molar-refractivity contribution in [3.63, 3.8) is 0 Å². The molecule has 1 heterocycles. The molecule has 1 amide bonds. The fourth-order valence-corrected chi connectivity index (χ4v) is 6.65. The molecule has 0 aromatic carbocycles. The van der Waals surface area contributed by atoms with Crippen molar-refractivity contribution in [2.45, 2.75) is 80.3 Å². The number of aromatic nitrogens is 3. The number of nitrogens with zero attached hydrogens (tertiary/aromatic N) is 3. The van der Waals surface area contributed by atoms with E-state index >= 15 is 0 Å². The van der Waals surface area contributed by atoms with Crippen LogP contribution < -0.4 is 5.32 Å². The average Bonchev–Trinajstić information content (AvgIpc) is 3.25. The van der Waals surface area contributed by atoms with Gasteiger partial charge in [-0.25, -0.2) is 0 Å². The Hall–Kier alpha value is -1.04. The summed E-state index contributed by atoms with van der Waals surface area (Å²) in [5.41, 5.74) is 0.102. The summed E-state index contributed by atoms with van der Waals surface area (Å²) < 4.78 is 2.14. The molecule has 6 rings (SSSR count). The molecule has 1 N–H and O–H groups in total. The average molecular weight is 347 g/mol. The van der Waals surface area contributed by atoms with E-state index in [0.29, 0.717) is 6.04 Å². The second-order valence-corrected chi connectivity index (χ2v) is 10.0. The Labute approximate surface area is 147 Å². The molecule has 0 aliphatic heterocycles. The van der Waals surface area contributed by atoms with Crippen LogP contribution in [-0.4, -0.2) is 31.5 Å². The lowest BCUT2D eigenvalue weighted by atomic mass is 9.53. The molecule has 1 atom stereocenters. The third kappa shape index (κ3) is 2.67. The minimum absolute atomic E-state index is 0.102. The lowest BCUT2D eigenvalue weighted by Crippen LogP contribution is -2.60. The van der Waals surface area contributed by atoms with Gasteiger partial charge in [0.25, 0.3) is 0 Å². The number of carbonyl (C=O) groups excluding carboxylic acids is 1. The van der Waals surface area contributed by atoms with Crippen molar-refractivity contribution in [3.8, 4) is 0 Å². The maximum Gasteiger partial charge on any atom is 0.233 e. The topological polar surface area (TPSA) is 59.8 Å². The molecule has 1 aromatic rings. The molecule has 1 unspecified atom stereocenters. The predicted octanol–water partition coefficient (Wildman–Crippen LogP) is 3.18. The molecule has 24 heavy (non-hydrogen) atoms. The van der Waals surface area contributed by atoms with Gasteiger partial charge < -0.3 is 9.88 Å². The van der Waals surface area contributed by atoms with Crippen LogP contribution in [0.4, 0.5) is 0 Å². The first-order valence-electron chi connectivity index (χ1n) is 9.48. The van der Waals surface area contributed by atoms with E-state index in [-0.39, 0.29) is 16.7 Å². The summed E-state index contributed by atoms with van der Waals surface area (Å²) in [6.07, 6.45) is 12.1. The van der Waals surface area contributed by atoms with Gasteiger partial charge in [-0.2, -0.15) is 0 Å². The second-order valence-electron chi connectivity index (χ2n) is 8.70. The van der Waals surface area contributed by atoms with Crippen molar-refractivity contribution >= 4 is 17.7 Å².